The van der Waals surface area contributed by atoms with Crippen molar-refractivity contribution in [3.63, 3.8) is 0 Å². The van der Waals surface area contributed by atoms with Gasteiger partial charge in [-0.2, -0.15) is 0 Å². The van der Waals surface area contributed by atoms with Crippen LogP contribution in [0.3, 0.4) is 0 Å². The van der Waals surface area contributed by atoms with E-state index in [1.807, 2.05) is 0 Å². The molecule has 1 aliphatic carbocycles. The van der Waals surface area contributed by atoms with Crippen molar-refractivity contribution in [2.45, 2.75) is 38.5 Å². The SMILES string of the molecule is CC/C=C\C1c2ccccc2C1(C)C. The van der Waals surface area contributed by atoms with E-state index in [9.17, 15) is 0 Å². The molecule has 74 valence electrons. The number of rotatable bonds is 2. The molecule has 0 nitrogen and oxygen atoms in total. The fraction of sp³-hybridized carbons (Fsp3) is 0.429. The molecule has 1 unspecified atom stereocenters. The van der Waals surface area contributed by atoms with Gasteiger partial charge in [-0.1, -0.05) is 57.2 Å². The van der Waals surface area contributed by atoms with Crippen LogP contribution in [-0.4, -0.2) is 0 Å². The molecule has 0 spiro atoms. The van der Waals surface area contributed by atoms with Gasteiger partial charge in [-0.15, -0.1) is 0 Å². The van der Waals surface area contributed by atoms with Crippen molar-refractivity contribution in [3.8, 4) is 0 Å². The lowest BCUT2D eigenvalue weighted by Crippen LogP contribution is -2.37. The summed E-state index contributed by atoms with van der Waals surface area (Å²) in [6, 6.07) is 8.79. The van der Waals surface area contributed by atoms with Gasteiger partial charge in [0.1, 0.15) is 0 Å². The molecule has 14 heavy (non-hydrogen) atoms. The van der Waals surface area contributed by atoms with Crippen LogP contribution in [0.5, 0.6) is 0 Å². The molecule has 0 N–H and O–H groups in total. The predicted octanol–water partition coefficient (Wildman–Crippen LogP) is 4.03. The summed E-state index contributed by atoms with van der Waals surface area (Å²) in [7, 11) is 0. The number of fused-ring (bicyclic) bond motifs is 1. The molecule has 0 amide bonds. The first-order chi connectivity index (χ1) is 6.68. The van der Waals surface area contributed by atoms with Crippen molar-refractivity contribution in [1.82, 2.24) is 0 Å². The van der Waals surface area contributed by atoms with Crippen LogP contribution in [0.1, 0.15) is 44.2 Å². The minimum absolute atomic E-state index is 0.336. The third kappa shape index (κ3) is 1.21. The molecule has 0 radical (unpaired) electrons. The molecule has 1 atom stereocenters. The molecular weight excluding hydrogens is 168 g/mol. The Balaban J connectivity index is 2.35. The minimum Gasteiger partial charge on any atom is -0.0882 e. The van der Waals surface area contributed by atoms with Crippen LogP contribution in [0.25, 0.3) is 0 Å². The summed E-state index contributed by atoms with van der Waals surface area (Å²) >= 11 is 0. The number of hydrogen-bond acceptors (Lipinski definition) is 0. The average molecular weight is 186 g/mol. The summed E-state index contributed by atoms with van der Waals surface area (Å²) in [5.74, 6) is 0.624. The Morgan fingerprint density at radius 1 is 1.29 bits per heavy atom. The van der Waals surface area contributed by atoms with E-state index >= 15 is 0 Å². The molecule has 1 aliphatic rings. The number of allylic oxidation sites excluding steroid dienone is 2. The molecule has 0 saturated carbocycles. The van der Waals surface area contributed by atoms with Crippen LogP contribution in [0.4, 0.5) is 0 Å². The van der Waals surface area contributed by atoms with E-state index in [0.29, 0.717) is 11.3 Å². The van der Waals surface area contributed by atoms with E-state index in [1.54, 1.807) is 0 Å². The third-order valence-electron chi connectivity index (χ3n) is 3.33. The highest BCUT2D eigenvalue weighted by Gasteiger charge is 2.42. The van der Waals surface area contributed by atoms with Gasteiger partial charge in [0.25, 0.3) is 0 Å². The lowest BCUT2D eigenvalue weighted by molar-refractivity contribution is 0.401. The number of hydrogen-bond donors (Lipinski definition) is 0. The fourth-order valence-corrected chi connectivity index (χ4v) is 2.45. The first kappa shape index (κ1) is 9.51. The summed E-state index contributed by atoms with van der Waals surface area (Å²) in [5, 5.41) is 0. The summed E-state index contributed by atoms with van der Waals surface area (Å²) in [6.45, 7) is 6.86. The zero-order valence-electron chi connectivity index (χ0n) is 9.25. The van der Waals surface area contributed by atoms with E-state index in [-0.39, 0.29) is 0 Å². The molecule has 0 fully saturated rings. The quantitative estimate of drug-likeness (QED) is 0.612. The molecular formula is C14H18. The highest BCUT2D eigenvalue weighted by atomic mass is 14.4. The Hall–Kier alpha value is -1.04. The average Bonchev–Trinajstić information content (AvgIpc) is 2.18. The van der Waals surface area contributed by atoms with Crippen molar-refractivity contribution in [2.24, 2.45) is 0 Å². The van der Waals surface area contributed by atoms with Gasteiger partial charge < -0.3 is 0 Å². The Labute approximate surface area is 86.7 Å². The highest BCUT2D eigenvalue weighted by molar-refractivity contribution is 5.51. The molecule has 0 saturated heterocycles. The van der Waals surface area contributed by atoms with Crippen molar-refractivity contribution in [3.05, 3.63) is 47.5 Å². The van der Waals surface area contributed by atoms with Gasteiger partial charge in [0.15, 0.2) is 0 Å². The summed E-state index contributed by atoms with van der Waals surface area (Å²) in [6.07, 6.45) is 5.78. The zero-order chi connectivity index (χ0) is 10.2. The summed E-state index contributed by atoms with van der Waals surface area (Å²) < 4.78 is 0. The third-order valence-corrected chi connectivity index (χ3v) is 3.33. The van der Waals surface area contributed by atoms with Gasteiger partial charge >= 0.3 is 0 Å². The minimum atomic E-state index is 0.336. The fourth-order valence-electron chi connectivity index (χ4n) is 2.45. The van der Waals surface area contributed by atoms with Gasteiger partial charge in [-0.25, -0.2) is 0 Å². The van der Waals surface area contributed by atoms with Crippen LogP contribution >= 0.6 is 0 Å². The van der Waals surface area contributed by atoms with Gasteiger partial charge in [0.2, 0.25) is 0 Å². The molecule has 0 heteroatoms. The largest absolute Gasteiger partial charge is 0.0882 e. The van der Waals surface area contributed by atoms with Crippen LogP contribution in [-0.2, 0) is 5.41 Å². The lowest BCUT2D eigenvalue weighted by atomic mass is 9.58. The molecule has 0 aromatic heterocycles. The standard InChI is InChI=1S/C14H18/c1-4-5-9-12-11-8-6-7-10-13(11)14(12,2)3/h5-10,12H,4H2,1-3H3/b9-5-. The Kier molecular flexibility index (Phi) is 2.22. The normalized spacial score (nSPS) is 23.2. The van der Waals surface area contributed by atoms with Crippen LogP contribution in [0.2, 0.25) is 0 Å². The Bertz CT molecular complexity index is 358. The van der Waals surface area contributed by atoms with Gasteiger partial charge in [0, 0.05) is 11.3 Å². The highest BCUT2D eigenvalue weighted by Crippen LogP contribution is 2.51. The molecule has 1 aromatic carbocycles. The van der Waals surface area contributed by atoms with E-state index in [4.69, 9.17) is 0 Å². The molecule has 1 aromatic rings. The molecule has 0 bridgehead atoms. The molecule has 2 rings (SSSR count). The van der Waals surface area contributed by atoms with E-state index in [0.717, 1.165) is 6.42 Å². The smallest absolute Gasteiger partial charge is 0.0113 e. The van der Waals surface area contributed by atoms with Crippen molar-refractivity contribution in [1.29, 1.82) is 0 Å². The monoisotopic (exact) mass is 186 g/mol. The second-order valence-electron chi connectivity index (χ2n) is 4.62. The number of benzene rings is 1. The van der Waals surface area contributed by atoms with Gasteiger partial charge in [-0.3, -0.25) is 0 Å². The lowest BCUT2D eigenvalue weighted by Gasteiger charge is -2.45. The van der Waals surface area contributed by atoms with Gasteiger partial charge in [-0.05, 0) is 17.5 Å². The zero-order valence-corrected chi connectivity index (χ0v) is 9.25. The Morgan fingerprint density at radius 3 is 2.71 bits per heavy atom. The van der Waals surface area contributed by atoms with E-state index in [2.05, 4.69) is 57.2 Å². The van der Waals surface area contributed by atoms with Crippen molar-refractivity contribution >= 4 is 0 Å². The van der Waals surface area contributed by atoms with E-state index < -0.39 is 0 Å². The molecule has 0 heterocycles. The van der Waals surface area contributed by atoms with Crippen LogP contribution < -0.4 is 0 Å². The second-order valence-corrected chi connectivity index (χ2v) is 4.62. The summed E-state index contributed by atoms with van der Waals surface area (Å²) in [5.41, 5.74) is 3.37. The maximum absolute atomic E-state index is 2.36. The topological polar surface area (TPSA) is 0 Å². The predicted molar refractivity (Wildman–Crippen MR) is 61.6 cm³/mol. The van der Waals surface area contributed by atoms with Crippen LogP contribution in [0.15, 0.2) is 36.4 Å². The summed E-state index contributed by atoms with van der Waals surface area (Å²) in [4.78, 5) is 0. The molecule has 0 aliphatic heterocycles. The maximum Gasteiger partial charge on any atom is 0.0113 e. The second kappa shape index (κ2) is 3.27. The van der Waals surface area contributed by atoms with Crippen molar-refractivity contribution in [2.75, 3.05) is 0 Å². The van der Waals surface area contributed by atoms with Gasteiger partial charge in [0.05, 0.1) is 0 Å². The first-order valence-electron chi connectivity index (χ1n) is 5.44. The van der Waals surface area contributed by atoms with E-state index in [1.165, 1.54) is 11.1 Å². The first-order valence-corrected chi connectivity index (χ1v) is 5.44. The Morgan fingerprint density at radius 2 is 2.00 bits per heavy atom. The van der Waals surface area contributed by atoms with Crippen LogP contribution in [0, 0.1) is 0 Å². The van der Waals surface area contributed by atoms with Crippen molar-refractivity contribution < 1.29 is 0 Å². The maximum atomic E-state index is 2.36.